The van der Waals surface area contributed by atoms with Crippen LogP contribution in [0.15, 0.2) is 83.8 Å². The summed E-state index contributed by atoms with van der Waals surface area (Å²) < 4.78 is 41.8. The topological polar surface area (TPSA) is 86.8 Å². The van der Waals surface area contributed by atoms with E-state index in [2.05, 4.69) is 5.32 Å². The molecule has 0 radical (unpaired) electrons. The SMILES string of the molecule is CCCCNC(=O)[C@@H](C)N(Cc1cccc(C)c1)C(=O)CN(c1ccccc1)S(=O)(=O)c1ccc(F)cc1. The summed E-state index contributed by atoms with van der Waals surface area (Å²) in [6.45, 7) is 5.66. The molecule has 3 aromatic carbocycles. The molecule has 0 spiro atoms. The lowest BCUT2D eigenvalue weighted by Crippen LogP contribution is -2.51. The van der Waals surface area contributed by atoms with Gasteiger partial charge in [-0.25, -0.2) is 12.8 Å². The highest BCUT2D eigenvalue weighted by Crippen LogP contribution is 2.24. The second-order valence-electron chi connectivity index (χ2n) is 9.13. The number of nitrogens with one attached hydrogen (secondary N) is 1. The van der Waals surface area contributed by atoms with Gasteiger partial charge in [-0.05, 0) is 62.2 Å². The number of carbonyl (C=O) groups excluding carboxylic acids is 2. The number of aryl methyl sites for hydroxylation is 1. The normalized spacial score (nSPS) is 12.0. The summed E-state index contributed by atoms with van der Waals surface area (Å²) in [6.07, 6.45) is 1.72. The number of rotatable bonds is 12. The minimum absolute atomic E-state index is 0.127. The van der Waals surface area contributed by atoms with E-state index in [1.807, 2.05) is 38.1 Å². The van der Waals surface area contributed by atoms with Gasteiger partial charge in [-0.1, -0.05) is 61.4 Å². The predicted octanol–water partition coefficient (Wildman–Crippen LogP) is 4.66. The number of sulfonamides is 1. The van der Waals surface area contributed by atoms with Gasteiger partial charge in [0.15, 0.2) is 0 Å². The zero-order valence-corrected chi connectivity index (χ0v) is 22.7. The number of nitrogens with zero attached hydrogens (tertiary/aromatic N) is 2. The highest BCUT2D eigenvalue weighted by atomic mass is 32.2. The van der Waals surface area contributed by atoms with Crippen LogP contribution in [0.25, 0.3) is 0 Å². The Morgan fingerprint density at radius 2 is 1.66 bits per heavy atom. The van der Waals surface area contributed by atoms with Crippen molar-refractivity contribution in [3.63, 3.8) is 0 Å². The maximum atomic E-state index is 13.8. The molecule has 0 saturated carbocycles. The summed E-state index contributed by atoms with van der Waals surface area (Å²) in [5.41, 5.74) is 2.10. The van der Waals surface area contributed by atoms with Gasteiger partial charge >= 0.3 is 0 Å². The lowest BCUT2D eigenvalue weighted by molar-refractivity contribution is -0.139. The molecule has 3 aromatic rings. The van der Waals surface area contributed by atoms with Crippen molar-refractivity contribution in [1.29, 1.82) is 0 Å². The third-order valence-electron chi connectivity index (χ3n) is 6.16. The maximum Gasteiger partial charge on any atom is 0.264 e. The molecule has 0 unspecified atom stereocenters. The lowest BCUT2D eigenvalue weighted by atomic mass is 10.1. The lowest BCUT2D eigenvalue weighted by Gasteiger charge is -2.32. The Labute approximate surface area is 224 Å². The molecule has 0 aliphatic rings. The van der Waals surface area contributed by atoms with Crippen molar-refractivity contribution in [3.8, 4) is 0 Å². The Bertz CT molecular complexity index is 1330. The molecular formula is C29H34FN3O4S. The van der Waals surface area contributed by atoms with Crippen molar-refractivity contribution in [3.05, 3.63) is 95.8 Å². The number of anilines is 1. The number of halogens is 1. The van der Waals surface area contributed by atoms with Gasteiger partial charge in [-0.3, -0.25) is 13.9 Å². The molecule has 0 aromatic heterocycles. The van der Waals surface area contributed by atoms with E-state index in [9.17, 15) is 22.4 Å². The van der Waals surface area contributed by atoms with Crippen LogP contribution < -0.4 is 9.62 Å². The molecular weight excluding hydrogens is 505 g/mol. The molecule has 3 rings (SSSR count). The minimum Gasteiger partial charge on any atom is -0.354 e. The van der Waals surface area contributed by atoms with Crippen LogP contribution in [0.4, 0.5) is 10.1 Å². The third-order valence-corrected chi connectivity index (χ3v) is 7.95. The molecule has 2 amide bonds. The Hall–Kier alpha value is -3.72. The molecule has 202 valence electrons. The molecule has 1 atom stereocenters. The first-order valence-corrected chi connectivity index (χ1v) is 14.0. The molecule has 0 aliphatic carbocycles. The van der Waals surface area contributed by atoms with Gasteiger partial charge in [0.25, 0.3) is 10.0 Å². The summed E-state index contributed by atoms with van der Waals surface area (Å²) in [5, 5.41) is 2.86. The van der Waals surface area contributed by atoms with Gasteiger partial charge in [-0.2, -0.15) is 0 Å². The standard InChI is InChI=1S/C29H34FN3O4S/c1-4-5-18-31-29(35)23(3)32(20-24-11-9-10-22(2)19-24)28(34)21-33(26-12-7-6-8-13-26)38(36,37)27-16-14-25(30)15-17-27/h6-17,19,23H,4-5,18,20-21H2,1-3H3,(H,31,35)/t23-/m1/s1. The van der Waals surface area contributed by atoms with Gasteiger partial charge < -0.3 is 10.2 Å². The van der Waals surface area contributed by atoms with Gasteiger partial charge in [-0.15, -0.1) is 0 Å². The van der Waals surface area contributed by atoms with Crippen LogP contribution in [0, 0.1) is 12.7 Å². The van der Waals surface area contributed by atoms with Crippen LogP contribution in [-0.4, -0.2) is 44.3 Å². The summed E-state index contributed by atoms with van der Waals surface area (Å²) in [6, 6.07) is 19.4. The quantitative estimate of drug-likeness (QED) is 0.339. The Kier molecular flexibility index (Phi) is 10.0. The Morgan fingerprint density at radius 3 is 2.29 bits per heavy atom. The highest BCUT2D eigenvalue weighted by Gasteiger charge is 2.32. The van der Waals surface area contributed by atoms with Crippen molar-refractivity contribution in [2.24, 2.45) is 0 Å². The number of hydrogen-bond donors (Lipinski definition) is 1. The third kappa shape index (κ3) is 7.41. The molecule has 0 saturated heterocycles. The molecule has 38 heavy (non-hydrogen) atoms. The predicted molar refractivity (Wildman–Crippen MR) is 146 cm³/mol. The van der Waals surface area contributed by atoms with Crippen molar-refractivity contribution in [2.45, 2.75) is 51.1 Å². The molecule has 1 N–H and O–H groups in total. The highest BCUT2D eigenvalue weighted by molar-refractivity contribution is 7.92. The average molecular weight is 540 g/mol. The van der Waals surface area contributed by atoms with Gasteiger partial charge in [0, 0.05) is 13.1 Å². The Balaban J connectivity index is 1.97. The van der Waals surface area contributed by atoms with E-state index in [1.165, 1.54) is 17.0 Å². The van der Waals surface area contributed by atoms with E-state index in [1.54, 1.807) is 37.3 Å². The first kappa shape index (κ1) is 28.8. The van der Waals surface area contributed by atoms with Crippen molar-refractivity contribution >= 4 is 27.5 Å². The second-order valence-corrected chi connectivity index (χ2v) is 11.0. The summed E-state index contributed by atoms with van der Waals surface area (Å²) >= 11 is 0. The van der Waals surface area contributed by atoms with Crippen molar-refractivity contribution in [2.75, 3.05) is 17.4 Å². The zero-order chi connectivity index (χ0) is 27.7. The Morgan fingerprint density at radius 1 is 0.974 bits per heavy atom. The summed E-state index contributed by atoms with van der Waals surface area (Å²) in [5.74, 6) is -1.43. The van der Waals surface area contributed by atoms with Crippen molar-refractivity contribution < 1.29 is 22.4 Å². The zero-order valence-electron chi connectivity index (χ0n) is 21.9. The molecule has 0 heterocycles. The monoisotopic (exact) mass is 539 g/mol. The number of carbonyl (C=O) groups is 2. The molecule has 7 nitrogen and oxygen atoms in total. The van der Waals surface area contributed by atoms with Crippen LogP contribution in [-0.2, 0) is 26.2 Å². The fourth-order valence-electron chi connectivity index (χ4n) is 3.98. The fourth-order valence-corrected chi connectivity index (χ4v) is 5.40. The van der Waals surface area contributed by atoms with E-state index in [0.717, 1.165) is 40.4 Å². The van der Waals surface area contributed by atoms with E-state index in [0.29, 0.717) is 6.54 Å². The van der Waals surface area contributed by atoms with Crippen LogP contribution in [0.1, 0.15) is 37.8 Å². The number of para-hydroxylation sites is 1. The number of hydrogen-bond acceptors (Lipinski definition) is 4. The number of unbranched alkanes of at least 4 members (excludes halogenated alkanes) is 1. The van der Waals surface area contributed by atoms with Crippen LogP contribution in [0.2, 0.25) is 0 Å². The molecule has 0 aliphatic heterocycles. The number of amides is 2. The molecule has 9 heteroatoms. The first-order chi connectivity index (χ1) is 18.1. The van der Waals surface area contributed by atoms with Gasteiger partial charge in [0.1, 0.15) is 18.4 Å². The first-order valence-electron chi connectivity index (χ1n) is 12.6. The van der Waals surface area contributed by atoms with Crippen molar-refractivity contribution in [1.82, 2.24) is 10.2 Å². The van der Waals surface area contributed by atoms with Gasteiger partial charge in [0.05, 0.1) is 10.6 Å². The van der Waals surface area contributed by atoms with Crippen LogP contribution in [0.5, 0.6) is 0 Å². The largest absolute Gasteiger partial charge is 0.354 e. The summed E-state index contributed by atoms with van der Waals surface area (Å²) in [7, 11) is -4.22. The van der Waals surface area contributed by atoms with Crippen LogP contribution >= 0.6 is 0 Å². The van der Waals surface area contributed by atoms with E-state index in [4.69, 9.17) is 0 Å². The van der Waals surface area contributed by atoms with Gasteiger partial charge in [0.2, 0.25) is 11.8 Å². The fraction of sp³-hybridized carbons (Fsp3) is 0.310. The second kappa shape index (κ2) is 13.2. The molecule has 0 fully saturated rings. The number of benzene rings is 3. The average Bonchev–Trinajstić information content (AvgIpc) is 2.90. The summed E-state index contributed by atoms with van der Waals surface area (Å²) in [4.78, 5) is 28.0. The van der Waals surface area contributed by atoms with E-state index < -0.39 is 34.3 Å². The molecule has 0 bridgehead atoms. The van der Waals surface area contributed by atoms with E-state index in [-0.39, 0.29) is 23.0 Å². The smallest absolute Gasteiger partial charge is 0.264 e. The minimum atomic E-state index is -4.22. The maximum absolute atomic E-state index is 13.8. The van der Waals surface area contributed by atoms with Crippen LogP contribution in [0.3, 0.4) is 0 Å². The van der Waals surface area contributed by atoms with E-state index >= 15 is 0 Å².